The van der Waals surface area contributed by atoms with Gasteiger partial charge in [0.1, 0.15) is 0 Å². The molecule has 1 heterocycles. The maximum absolute atomic E-state index is 5.75. The number of hydrogen-bond donors (Lipinski definition) is 1. The molecule has 1 aromatic carbocycles. The molecular formula is C13H14ClN3. The van der Waals surface area contributed by atoms with Gasteiger partial charge < -0.3 is 5.32 Å². The molecule has 0 aliphatic rings. The van der Waals surface area contributed by atoms with E-state index in [2.05, 4.69) is 46.7 Å². The Morgan fingerprint density at radius 1 is 1.29 bits per heavy atom. The fourth-order valence-electron chi connectivity index (χ4n) is 1.66. The largest absolute Gasteiger partial charge is 0.383 e. The first-order chi connectivity index (χ1) is 8.24. The van der Waals surface area contributed by atoms with E-state index in [9.17, 15) is 0 Å². The molecule has 0 aliphatic carbocycles. The highest BCUT2D eigenvalue weighted by Crippen LogP contribution is 2.10. The summed E-state index contributed by atoms with van der Waals surface area (Å²) in [5.41, 5.74) is 3.51. The summed E-state index contributed by atoms with van der Waals surface area (Å²) < 4.78 is 0. The SMILES string of the molecule is Cc1cccc(CCNc2cnnc(Cl)c2)c1. The van der Waals surface area contributed by atoms with Crippen molar-refractivity contribution in [3.63, 3.8) is 0 Å². The van der Waals surface area contributed by atoms with E-state index >= 15 is 0 Å². The van der Waals surface area contributed by atoms with Gasteiger partial charge in [-0.05, 0) is 18.9 Å². The Bertz CT molecular complexity index is 454. The van der Waals surface area contributed by atoms with Crippen molar-refractivity contribution in [1.29, 1.82) is 0 Å². The molecule has 0 saturated heterocycles. The van der Waals surface area contributed by atoms with Crippen LogP contribution in [0.5, 0.6) is 0 Å². The minimum absolute atomic E-state index is 0.408. The zero-order valence-corrected chi connectivity index (χ0v) is 10.4. The molecule has 0 atom stereocenters. The molecule has 2 rings (SSSR count). The van der Waals surface area contributed by atoms with Crippen LogP contribution in [0.1, 0.15) is 11.1 Å². The van der Waals surface area contributed by atoms with Gasteiger partial charge in [0.15, 0.2) is 5.15 Å². The molecule has 0 saturated carbocycles. The van der Waals surface area contributed by atoms with E-state index in [0.29, 0.717) is 5.15 Å². The van der Waals surface area contributed by atoms with E-state index in [1.807, 2.05) is 0 Å². The van der Waals surface area contributed by atoms with Crippen molar-refractivity contribution in [2.24, 2.45) is 0 Å². The third-order valence-electron chi connectivity index (χ3n) is 2.45. The lowest BCUT2D eigenvalue weighted by Crippen LogP contribution is -2.05. The Hall–Kier alpha value is -1.61. The van der Waals surface area contributed by atoms with Crippen LogP contribution in [0.4, 0.5) is 5.69 Å². The van der Waals surface area contributed by atoms with Gasteiger partial charge in [0, 0.05) is 12.6 Å². The number of nitrogens with zero attached hydrogens (tertiary/aromatic N) is 2. The highest BCUT2D eigenvalue weighted by atomic mass is 35.5. The summed E-state index contributed by atoms with van der Waals surface area (Å²) in [5.74, 6) is 0. The summed E-state index contributed by atoms with van der Waals surface area (Å²) in [5, 5.41) is 11.1. The molecular weight excluding hydrogens is 234 g/mol. The number of halogens is 1. The second kappa shape index (κ2) is 5.64. The number of anilines is 1. The standard InChI is InChI=1S/C13H14ClN3/c1-10-3-2-4-11(7-10)5-6-15-12-8-13(14)17-16-9-12/h2-4,7-9H,5-6H2,1H3,(H,15,17). The Morgan fingerprint density at radius 3 is 2.94 bits per heavy atom. The topological polar surface area (TPSA) is 37.8 Å². The van der Waals surface area contributed by atoms with Crippen molar-refractivity contribution in [2.75, 3.05) is 11.9 Å². The number of rotatable bonds is 4. The second-order valence-corrected chi connectivity index (χ2v) is 4.32. The molecule has 0 amide bonds. The van der Waals surface area contributed by atoms with Gasteiger partial charge in [-0.2, -0.15) is 5.10 Å². The minimum Gasteiger partial charge on any atom is -0.383 e. The van der Waals surface area contributed by atoms with Gasteiger partial charge in [-0.15, -0.1) is 5.10 Å². The highest BCUT2D eigenvalue weighted by Gasteiger charge is 1.96. The molecule has 0 spiro atoms. The first-order valence-corrected chi connectivity index (χ1v) is 5.89. The summed E-state index contributed by atoms with van der Waals surface area (Å²) in [4.78, 5) is 0. The Morgan fingerprint density at radius 2 is 2.18 bits per heavy atom. The van der Waals surface area contributed by atoms with Gasteiger partial charge in [0.25, 0.3) is 0 Å². The molecule has 2 aromatic rings. The Balaban J connectivity index is 1.87. The second-order valence-electron chi connectivity index (χ2n) is 3.93. The molecule has 17 heavy (non-hydrogen) atoms. The fourth-order valence-corrected chi connectivity index (χ4v) is 1.82. The third-order valence-corrected chi connectivity index (χ3v) is 2.63. The average Bonchev–Trinajstić information content (AvgIpc) is 2.29. The average molecular weight is 248 g/mol. The quantitative estimate of drug-likeness (QED) is 0.902. The number of benzene rings is 1. The van der Waals surface area contributed by atoms with E-state index in [4.69, 9.17) is 11.6 Å². The molecule has 0 radical (unpaired) electrons. The van der Waals surface area contributed by atoms with E-state index in [0.717, 1.165) is 18.7 Å². The van der Waals surface area contributed by atoms with E-state index in [1.165, 1.54) is 11.1 Å². The molecule has 0 aliphatic heterocycles. The van der Waals surface area contributed by atoms with E-state index < -0.39 is 0 Å². The van der Waals surface area contributed by atoms with Crippen molar-refractivity contribution in [1.82, 2.24) is 10.2 Å². The number of aromatic nitrogens is 2. The Labute approximate surface area is 106 Å². The van der Waals surface area contributed by atoms with Crippen molar-refractivity contribution < 1.29 is 0 Å². The molecule has 0 unspecified atom stereocenters. The number of aryl methyl sites for hydroxylation is 1. The number of hydrogen-bond acceptors (Lipinski definition) is 3. The normalized spacial score (nSPS) is 10.2. The van der Waals surface area contributed by atoms with Crippen LogP contribution >= 0.6 is 11.6 Å². The first kappa shape index (κ1) is 11.9. The van der Waals surface area contributed by atoms with Crippen molar-refractivity contribution in [2.45, 2.75) is 13.3 Å². The van der Waals surface area contributed by atoms with Crippen molar-refractivity contribution in [3.05, 3.63) is 52.8 Å². The molecule has 1 N–H and O–H groups in total. The summed E-state index contributed by atoms with van der Waals surface area (Å²) in [7, 11) is 0. The lowest BCUT2D eigenvalue weighted by Gasteiger charge is -2.06. The van der Waals surface area contributed by atoms with Crippen molar-refractivity contribution in [3.8, 4) is 0 Å². The van der Waals surface area contributed by atoms with Gasteiger partial charge >= 0.3 is 0 Å². The van der Waals surface area contributed by atoms with Crippen molar-refractivity contribution >= 4 is 17.3 Å². The van der Waals surface area contributed by atoms with E-state index in [1.54, 1.807) is 12.3 Å². The molecule has 88 valence electrons. The fraction of sp³-hybridized carbons (Fsp3) is 0.231. The van der Waals surface area contributed by atoms with Gasteiger partial charge in [0.05, 0.1) is 11.9 Å². The van der Waals surface area contributed by atoms with Crippen LogP contribution < -0.4 is 5.32 Å². The van der Waals surface area contributed by atoms with Crippen LogP contribution in [0.2, 0.25) is 5.15 Å². The van der Waals surface area contributed by atoms with Crippen LogP contribution in [-0.4, -0.2) is 16.7 Å². The Kier molecular flexibility index (Phi) is 3.94. The molecule has 1 aromatic heterocycles. The van der Waals surface area contributed by atoms with Crippen LogP contribution in [0.3, 0.4) is 0 Å². The van der Waals surface area contributed by atoms with Crippen LogP contribution in [0.25, 0.3) is 0 Å². The summed E-state index contributed by atoms with van der Waals surface area (Å²) >= 11 is 5.75. The zero-order valence-electron chi connectivity index (χ0n) is 9.65. The van der Waals surface area contributed by atoms with Gasteiger partial charge in [0.2, 0.25) is 0 Å². The minimum atomic E-state index is 0.408. The molecule has 0 bridgehead atoms. The summed E-state index contributed by atoms with van der Waals surface area (Å²) in [6.07, 6.45) is 2.64. The molecule has 0 fully saturated rings. The van der Waals surface area contributed by atoms with Gasteiger partial charge in [-0.3, -0.25) is 0 Å². The van der Waals surface area contributed by atoms with Crippen LogP contribution in [-0.2, 0) is 6.42 Å². The molecule has 4 heteroatoms. The summed E-state index contributed by atoms with van der Waals surface area (Å²) in [6.45, 7) is 2.95. The zero-order chi connectivity index (χ0) is 12.1. The number of nitrogens with one attached hydrogen (secondary N) is 1. The van der Waals surface area contributed by atoms with Gasteiger partial charge in [-0.25, -0.2) is 0 Å². The van der Waals surface area contributed by atoms with E-state index in [-0.39, 0.29) is 0 Å². The lowest BCUT2D eigenvalue weighted by atomic mass is 10.1. The van der Waals surface area contributed by atoms with Crippen LogP contribution in [0, 0.1) is 6.92 Å². The summed E-state index contributed by atoms with van der Waals surface area (Å²) in [6, 6.07) is 10.3. The monoisotopic (exact) mass is 247 g/mol. The predicted octanol–water partition coefficient (Wildman–Crippen LogP) is 3.09. The highest BCUT2D eigenvalue weighted by molar-refractivity contribution is 6.29. The molecule has 3 nitrogen and oxygen atoms in total. The first-order valence-electron chi connectivity index (χ1n) is 5.52. The predicted molar refractivity (Wildman–Crippen MR) is 70.4 cm³/mol. The van der Waals surface area contributed by atoms with Gasteiger partial charge in [-0.1, -0.05) is 41.4 Å². The maximum Gasteiger partial charge on any atom is 0.153 e. The van der Waals surface area contributed by atoms with Crippen LogP contribution in [0.15, 0.2) is 36.5 Å². The third kappa shape index (κ3) is 3.71. The maximum atomic E-state index is 5.75. The smallest absolute Gasteiger partial charge is 0.153 e. The lowest BCUT2D eigenvalue weighted by molar-refractivity contribution is 0.991.